The molecule has 1 aromatic heterocycles. The summed E-state index contributed by atoms with van der Waals surface area (Å²) in [4.78, 5) is 7.03. The third-order valence-corrected chi connectivity index (χ3v) is 6.42. The van der Waals surface area contributed by atoms with Crippen LogP contribution in [0.2, 0.25) is 0 Å². The zero-order chi connectivity index (χ0) is 19.4. The number of fused-ring (bicyclic) bond motifs is 1. The molecule has 4 rings (SSSR count). The van der Waals surface area contributed by atoms with Gasteiger partial charge in [0.05, 0.1) is 0 Å². The number of nitrogens with zero attached hydrogens (tertiary/aromatic N) is 2. The number of anilines is 1. The average Bonchev–Trinajstić information content (AvgIpc) is 2.74. The number of aryl methyl sites for hydroxylation is 1. The van der Waals surface area contributed by atoms with E-state index in [0.29, 0.717) is 0 Å². The van der Waals surface area contributed by atoms with Crippen molar-refractivity contribution in [2.45, 2.75) is 38.3 Å². The van der Waals surface area contributed by atoms with Gasteiger partial charge in [-0.05, 0) is 69.9 Å². The Hall–Kier alpha value is -2.17. The molecule has 1 saturated heterocycles. The second-order valence-corrected chi connectivity index (χ2v) is 8.26. The van der Waals surface area contributed by atoms with Gasteiger partial charge < -0.3 is 10.2 Å². The van der Waals surface area contributed by atoms with Crippen LogP contribution in [-0.4, -0.2) is 42.2 Å². The molecular formula is C24H32N4. The standard InChI is InChI=1S/C24H32N4/c1-19-22-8-12-24(25-2,27-23(22)9-14-26-19)13-17-28-15-10-21(11-16-28)18-20-6-4-3-5-7-20/h3-9,12,14,21,25,27H,10-11,13,15-18H2,1-2H3. The molecule has 2 aromatic rings. The Balaban J connectivity index is 1.30. The minimum absolute atomic E-state index is 0.179. The maximum Gasteiger partial charge on any atom is 0.109 e. The van der Waals surface area contributed by atoms with Crippen LogP contribution < -0.4 is 10.6 Å². The van der Waals surface area contributed by atoms with E-state index in [2.05, 4.69) is 76.0 Å². The van der Waals surface area contributed by atoms with Crippen LogP contribution in [0, 0.1) is 12.8 Å². The highest BCUT2D eigenvalue weighted by atomic mass is 15.2. The molecule has 1 atom stereocenters. The molecule has 4 nitrogen and oxygen atoms in total. The summed E-state index contributed by atoms with van der Waals surface area (Å²) in [5.41, 5.74) is 4.75. The zero-order valence-corrected chi connectivity index (χ0v) is 17.1. The van der Waals surface area contributed by atoms with Gasteiger partial charge in [0.2, 0.25) is 0 Å². The first-order chi connectivity index (χ1) is 13.7. The second-order valence-electron chi connectivity index (χ2n) is 8.26. The maximum atomic E-state index is 4.40. The van der Waals surface area contributed by atoms with Crippen molar-refractivity contribution < 1.29 is 0 Å². The number of pyridine rings is 1. The van der Waals surface area contributed by atoms with E-state index in [9.17, 15) is 0 Å². The third kappa shape index (κ3) is 4.29. The van der Waals surface area contributed by atoms with E-state index in [1.807, 2.05) is 13.2 Å². The fraction of sp³-hybridized carbons (Fsp3) is 0.458. The first kappa shape index (κ1) is 19.2. The van der Waals surface area contributed by atoms with E-state index in [0.717, 1.165) is 24.6 Å². The molecule has 0 spiro atoms. The Morgan fingerprint density at radius 1 is 1.18 bits per heavy atom. The molecule has 1 aromatic carbocycles. The molecule has 28 heavy (non-hydrogen) atoms. The van der Waals surface area contributed by atoms with Gasteiger partial charge in [-0.25, -0.2) is 0 Å². The Morgan fingerprint density at radius 2 is 1.96 bits per heavy atom. The van der Waals surface area contributed by atoms with Crippen molar-refractivity contribution in [3.63, 3.8) is 0 Å². The van der Waals surface area contributed by atoms with Gasteiger partial charge in [0.25, 0.3) is 0 Å². The minimum Gasteiger partial charge on any atom is -0.363 e. The number of likely N-dealkylation sites (tertiary alicyclic amines) is 1. The van der Waals surface area contributed by atoms with Crippen molar-refractivity contribution in [1.82, 2.24) is 15.2 Å². The molecule has 0 bridgehead atoms. The van der Waals surface area contributed by atoms with Gasteiger partial charge in [-0.15, -0.1) is 0 Å². The van der Waals surface area contributed by atoms with Crippen LogP contribution in [0.25, 0.3) is 6.08 Å². The Bertz CT molecular complexity index is 809. The molecule has 2 N–H and O–H groups in total. The number of hydrogen-bond acceptors (Lipinski definition) is 4. The van der Waals surface area contributed by atoms with Crippen LogP contribution >= 0.6 is 0 Å². The molecule has 148 valence electrons. The van der Waals surface area contributed by atoms with Crippen molar-refractivity contribution >= 4 is 11.8 Å². The summed E-state index contributed by atoms with van der Waals surface area (Å²) in [6.45, 7) is 5.59. The van der Waals surface area contributed by atoms with Crippen molar-refractivity contribution in [2.24, 2.45) is 5.92 Å². The molecular weight excluding hydrogens is 344 g/mol. The molecule has 0 radical (unpaired) electrons. The number of rotatable bonds is 6. The number of aromatic nitrogens is 1. The van der Waals surface area contributed by atoms with Gasteiger partial charge in [-0.2, -0.15) is 0 Å². The topological polar surface area (TPSA) is 40.2 Å². The molecule has 0 aliphatic carbocycles. The van der Waals surface area contributed by atoms with Crippen molar-refractivity contribution in [3.8, 4) is 0 Å². The van der Waals surface area contributed by atoms with Gasteiger partial charge in [0.15, 0.2) is 0 Å². The highest BCUT2D eigenvalue weighted by Crippen LogP contribution is 2.30. The Labute approximate surface area is 169 Å². The summed E-state index contributed by atoms with van der Waals surface area (Å²) >= 11 is 0. The zero-order valence-electron chi connectivity index (χ0n) is 17.1. The summed E-state index contributed by atoms with van der Waals surface area (Å²) in [5.74, 6) is 0.826. The molecule has 2 aliphatic heterocycles. The van der Waals surface area contributed by atoms with E-state index >= 15 is 0 Å². The van der Waals surface area contributed by atoms with Gasteiger partial charge in [-0.3, -0.25) is 10.3 Å². The molecule has 1 unspecified atom stereocenters. The monoisotopic (exact) mass is 376 g/mol. The number of likely N-dealkylation sites (N-methyl/N-ethyl adjacent to an activating group) is 1. The van der Waals surface area contributed by atoms with E-state index in [1.165, 1.54) is 49.2 Å². The lowest BCUT2D eigenvalue weighted by molar-refractivity contribution is 0.173. The summed E-state index contributed by atoms with van der Waals surface area (Å²) in [6, 6.07) is 13.0. The maximum absolute atomic E-state index is 4.40. The van der Waals surface area contributed by atoms with E-state index in [1.54, 1.807) is 0 Å². The number of hydrogen-bond donors (Lipinski definition) is 2. The molecule has 0 amide bonds. The van der Waals surface area contributed by atoms with Gasteiger partial charge in [-0.1, -0.05) is 36.4 Å². The predicted octanol–water partition coefficient (Wildman–Crippen LogP) is 4.09. The van der Waals surface area contributed by atoms with Crippen LogP contribution in [0.15, 0.2) is 48.7 Å². The molecule has 4 heteroatoms. The van der Waals surface area contributed by atoms with Gasteiger partial charge >= 0.3 is 0 Å². The summed E-state index contributed by atoms with van der Waals surface area (Å²) in [6.07, 6.45) is 11.3. The van der Waals surface area contributed by atoms with E-state index < -0.39 is 0 Å². The molecule has 3 heterocycles. The molecule has 0 saturated carbocycles. The fourth-order valence-electron chi connectivity index (χ4n) is 4.52. The highest BCUT2D eigenvalue weighted by molar-refractivity contribution is 5.73. The largest absolute Gasteiger partial charge is 0.363 e. The lowest BCUT2D eigenvalue weighted by Gasteiger charge is -2.39. The third-order valence-electron chi connectivity index (χ3n) is 6.42. The van der Waals surface area contributed by atoms with Crippen LogP contribution in [0.5, 0.6) is 0 Å². The Kier molecular flexibility index (Phi) is 5.79. The Morgan fingerprint density at radius 3 is 2.71 bits per heavy atom. The van der Waals surface area contributed by atoms with Crippen molar-refractivity contribution in [2.75, 3.05) is 32.0 Å². The van der Waals surface area contributed by atoms with Crippen LogP contribution in [0.4, 0.5) is 5.69 Å². The summed E-state index contributed by atoms with van der Waals surface area (Å²) in [7, 11) is 2.04. The first-order valence-corrected chi connectivity index (χ1v) is 10.6. The van der Waals surface area contributed by atoms with Crippen LogP contribution in [0.3, 0.4) is 0 Å². The lowest BCUT2D eigenvalue weighted by atomic mass is 9.89. The summed E-state index contributed by atoms with van der Waals surface area (Å²) < 4.78 is 0. The van der Waals surface area contributed by atoms with Crippen LogP contribution in [0.1, 0.15) is 36.1 Å². The predicted molar refractivity (Wildman–Crippen MR) is 117 cm³/mol. The number of piperidine rings is 1. The highest BCUT2D eigenvalue weighted by Gasteiger charge is 2.30. The quantitative estimate of drug-likeness (QED) is 0.797. The number of benzene rings is 1. The van der Waals surface area contributed by atoms with Crippen molar-refractivity contribution in [1.29, 1.82) is 0 Å². The minimum atomic E-state index is -0.179. The van der Waals surface area contributed by atoms with E-state index in [-0.39, 0.29) is 5.66 Å². The molecule has 1 fully saturated rings. The summed E-state index contributed by atoms with van der Waals surface area (Å²) in [5, 5.41) is 7.23. The SMILES string of the molecule is CNC1(CCN2CCC(Cc3ccccc3)CC2)C=Cc2c(ccnc2C)N1. The van der Waals surface area contributed by atoms with Gasteiger partial charge in [0.1, 0.15) is 5.66 Å². The fourth-order valence-corrected chi connectivity index (χ4v) is 4.52. The average molecular weight is 377 g/mol. The normalized spacial score (nSPS) is 22.6. The second kappa shape index (κ2) is 8.46. The van der Waals surface area contributed by atoms with Crippen molar-refractivity contribution in [3.05, 3.63) is 65.5 Å². The van der Waals surface area contributed by atoms with Crippen LogP contribution in [-0.2, 0) is 6.42 Å². The smallest absolute Gasteiger partial charge is 0.109 e. The lowest BCUT2D eigenvalue weighted by Crippen LogP contribution is -2.52. The molecule has 2 aliphatic rings. The first-order valence-electron chi connectivity index (χ1n) is 10.6. The number of nitrogens with one attached hydrogen (secondary N) is 2. The van der Waals surface area contributed by atoms with E-state index in [4.69, 9.17) is 0 Å². The van der Waals surface area contributed by atoms with Gasteiger partial charge in [0, 0.05) is 36.1 Å².